The topological polar surface area (TPSA) is 271 Å². The second-order valence-corrected chi connectivity index (χ2v) is 19.2. The summed E-state index contributed by atoms with van der Waals surface area (Å²) < 4.78 is 45.0. The number of amides is 6. The van der Waals surface area contributed by atoms with E-state index in [0.717, 1.165) is 36.9 Å². The highest BCUT2D eigenvalue weighted by molar-refractivity contribution is 7.75. The highest BCUT2D eigenvalue weighted by atomic mass is 32.2. The van der Waals surface area contributed by atoms with Gasteiger partial charge in [-0.1, -0.05) is 68.2 Å². The first kappa shape index (κ1) is 52.6. The molecule has 0 saturated carbocycles. The molecule has 0 unspecified atom stereocenters. The van der Waals surface area contributed by atoms with Gasteiger partial charge in [0.2, 0.25) is 23.6 Å². The van der Waals surface area contributed by atoms with Gasteiger partial charge in [0, 0.05) is 10.8 Å². The van der Waals surface area contributed by atoms with E-state index < -0.39 is 118 Å². The molecule has 3 rings (SSSR count). The number of carbonyl (C=O) groups is 6. The van der Waals surface area contributed by atoms with Crippen molar-refractivity contribution in [1.29, 1.82) is 0 Å². The third-order valence-corrected chi connectivity index (χ3v) is 13.7. The first-order chi connectivity index (χ1) is 29.2. The van der Waals surface area contributed by atoms with E-state index in [2.05, 4.69) is 41.9 Å². The SMILES string of the molecule is CC[C@H](C)[C@@H]1NC(=O)c2csc(n2)[C@@H](C(C)C)NC(=O)[C@@H]([C@@H](C)O[S@@](=O)OC)NC(=O)[C@H]([C@@H](C)CC)NC(=O)c2csc(n2)[C@@H](C(C)C)NC(=O)[C@@H]([C@@H](C)O[S@@](=O)OC)NC1=O. The molecule has 24 heteroatoms. The average Bonchev–Trinajstić information content (AvgIpc) is 3.93. The number of nitrogens with one attached hydrogen (secondary N) is 6. The highest BCUT2D eigenvalue weighted by Gasteiger charge is 2.39. The van der Waals surface area contributed by atoms with Crippen molar-refractivity contribution in [1.82, 2.24) is 41.9 Å². The molecule has 6 amide bonds. The maximum Gasteiger partial charge on any atom is 0.304 e. The van der Waals surface area contributed by atoms with Crippen LogP contribution in [0.2, 0.25) is 0 Å². The van der Waals surface area contributed by atoms with E-state index in [4.69, 9.17) is 16.7 Å². The maximum atomic E-state index is 14.2. The Morgan fingerprint density at radius 2 is 0.839 bits per heavy atom. The van der Waals surface area contributed by atoms with Gasteiger partial charge in [0.15, 0.2) is 0 Å². The van der Waals surface area contributed by atoms with E-state index in [1.165, 1.54) is 24.6 Å². The first-order valence-electron chi connectivity index (χ1n) is 20.2. The Bertz CT molecular complexity index is 1790. The third-order valence-electron chi connectivity index (χ3n) is 10.4. The number of rotatable bonds is 14. The molecular weight excluding hydrogens is 889 g/mol. The van der Waals surface area contributed by atoms with Gasteiger partial charge in [0.25, 0.3) is 11.8 Å². The number of nitrogens with zero attached hydrogens (tertiary/aromatic N) is 2. The van der Waals surface area contributed by atoms with E-state index in [-0.39, 0.29) is 23.2 Å². The standard InChI is InChI=1S/C38H60N8O12S4/c1-13-19(7)27-33(49)45-29(21(9)57-61(53)55-11)35(51)41-26(18(5)6)38-40-24(16-60-38)32(48)44-28(20(8)14-2)34(50)46-30(22(10)58-62(54)56-12)36(52)42-25(17(3)4)37-39-23(15-59-37)31(47)43-27/h15-22,25-30H,13-14H2,1-12H3,(H,41,51)(H,42,52)(H,43,47)(H,44,48)(H,45,49)(H,46,50)/t19-,20-,21+,22+,25+,26+,27-,28-,29+,30+,61-,62-/m0/s1. The van der Waals surface area contributed by atoms with Gasteiger partial charge < -0.3 is 31.9 Å². The summed E-state index contributed by atoms with van der Waals surface area (Å²) in [5.41, 5.74) is -0.123. The van der Waals surface area contributed by atoms with Crippen molar-refractivity contribution in [3.8, 4) is 0 Å². The van der Waals surface area contributed by atoms with Crippen LogP contribution in [0.1, 0.15) is 125 Å². The Morgan fingerprint density at radius 3 is 1.13 bits per heavy atom. The van der Waals surface area contributed by atoms with Crippen molar-refractivity contribution in [3.63, 3.8) is 0 Å². The fraction of sp³-hybridized carbons (Fsp3) is 0.684. The van der Waals surface area contributed by atoms with Gasteiger partial charge >= 0.3 is 22.7 Å². The summed E-state index contributed by atoms with van der Waals surface area (Å²) in [5.74, 6) is -5.96. The summed E-state index contributed by atoms with van der Waals surface area (Å²) in [5, 5.41) is 20.2. The number of hydrogen-bond acceptors (Lipinski definition) is 16. The van der Waals surface area contributed by atoms with Gasteiger partial charge in [0.1, 0.15) is 57.8 Å². The van der Waals surface area contributed by atoms with E-state index in [9.17, 15) is 37.2 Å². The normalized spacial score (nSPS) is 25.5. The van der Waals surface area contributed by atoms with Gasteiger partial charge in [-0.25, -0.2) is 9.97 Å². The third kappa shape index (κ3) is 14.1. The van der Waals surface area contributed by atoms with Gasteiger partial charge in [-0.2, -0.15) is 8.42 Å². The number of carbonyl (C=O) groups excluding carboxylic acids is 6. The molecule has 6 N–H and O–H groups in total. The number of hydrogen-bond donors (Lipinski definition) is 6. The largest absolute Gasteiger partial charge is 0.345 e. The molecule has 0 aliphatic carbocycles. The summed E-state index contributed by atoms with van der Waals surface area (Å²) in [7, 11) is 2.28. The number of aromatic nitrogens is 2. The zero-order chi connectivity index (χ0) is 46.6. The van der Waals surface area contributed by atoms with E-state index in [0.29, 0.717) is 22.9 Å². The van der Waals surface area contributed by atoms with Crippen molar-refractivity contribution in [2.75, 3.05) is 14.2 Å². The van der Waals surface area contributed by atoms with E-state index in [1.54, 1.807) is 41.5 Å². The van der Waals surface area contributed by atoms with Crippen molar-refractivity contribution in [2.24, 2.45) is 23.7 Å². The first-order valence-corrected chi connectivity index (χ1v) is 23.9. The molecule has 1 aliphatic rings. The minimum Gasteiger partial charge on any atom is -0.345 e. The lowest BCUT2D eigenvalue weighted by molar-refractivity contribution is -0.133. The van der Waals surface area contributed by atoms with Crippen molar-refractivity contribution >= 4 is 80.8 Å². The summed E-state index contributed by atoms with van der Waals surface area (Å²) in [6.45, 7) is 17.2. The Balaban J connectivity index is 2.21. The Hall–Kier alpha value is -3.78. The molecule has 20 nitrogen and oxygen atoms in total. The molecule has 2 aromatic rings. The van der Waals surface area contributed by atoms with E-state index >= 15 is 0 Å². The summed E-state index contributed by atoms with van der Waals surface area (Å²) in [6.07, 6.45) is -1.57. The lowest BCUT2D eigenvalue weighted by Gasteiger charge is -2.30. The molecular formula is C38H60N8O12S4. The Labute approximate surface area is 375 Å². The molecule has 0 aromatic carbocycles. The van der Waals surface area contributed by atoms with Crippen LogP contribution in [0.15, 0.2) is 10.8 Å². The minimum absolute atomic E-state index is 0.0614. The molecule has 348 valence electrons. The molecule has 2 aromatic heterocycles. The van der Waals surface area contributed by atoms with Crippen LogP contribution >= 0.6 is 22.7 Å². The fourth-order valence-electron chi connectivity index (χ4n) is 6.13. The van der Waals surface area contributed by atoms with Crippen molar-refractivity contribution in [2.45, 2.75) is 131 Å². The lowest BCUT2D eigenvalue weighted by atomic mass is 9.97. The quantitative estimate of drug-likeness (QED) is 0.159. The smallest absolute Gasteiger partial charge is 0.304 e. The molecule has 0 fully saturated rings. The lowest BCUT2D eigenvalue weighted by Crippen LogP contribution is -2.59. The van der Waals surface area contributed by atoms with E-state index in [1.807, 2.05) is 13.8 Å². The fourth-order valence-corrected chi connectivity index (χ4v) is 9.05. The van der Waals surface area contributed by atoms with Crippen LogP contribution in [0.5, 0.6) is 0 Å². The Morgan fingerprint density at radius 1 is 0.532 bits per heavy atom. The van der Waals surface area contributed by atoms with Crippen LogP contribution in [0.3, 0.4) is 0 Å². The zero-order valence-corrected chi connectivity index (χ0v) is 40.2. The van der Waals surface area contributed by atoms with Crippen LogP contribution < -0.4 is 31.9 Å². The van der Waals surface area contributed by atoms with Crippen LogP contribution in [0.25, 0.3) is 0 Å². The molecule has 0 saturated heterocycles. The van der Waals surface area contributed by atoms with Crippen LogP contribution in [-0.2, 0) is 58.6 Å². The number of fused-ring (bicyclic) bond motifs is 4. The molecule has 1 aliphatic heterocycles. The summed E-state index contributed by atoms with van der Waals surface area (Å²) in [6, 6.07) is -6.95. The minimum atomic E-state index is -2.29. The van der Waals surface area contributed by atoms with Crippen LogP contribution in [0, 0.1) is 23.7 Å². The second-order valence-electron chi connectivity index (χ2n) is 15.6. The summed E-state index contributed by atoms with van der Waals surface area (Å²) in [4.78, 5) is 93.2. The predicted molar refractivity (Wildman–Crippen MR) is 232 cm³/mol. The maximum absolute atomic E-state index is 14.2. The van der Waals surface area contributed by atoms with Crippen LogP contribution in [-0.4, -0.2) is 104 Å². The molecule has 4 bridgehead atoms. The van der Waals surface area contributed by atoms with Gasteiger partial charge in [-0.15, -0.1) is 22.7 Å². The summed E-state index contributed by atoms with van der Waals surface area (Å²) >= 11 is -2.44. The van der Waals surface area contributed by atoms with Crippen molar-refractivity contribution < 1.29 is 53.9 Å². The van der Waals surface area contributed by atoms with Crippen LogP contribution in [0.4, 0.5) is 0 Å². The average molecular weight is 949 g/mol. The molecule has 62 heavy (non-hydrogen) atoms. The zero-order valence-electron chi connectivity index (χ0n) is 36.9. The van der Waals surface area contributed by atoms with Crippen molar-refractivity contribution in [3.05, 3.63) is 32.2 Å². The highest BCUT2D eigenvalue weighted by Crippen LogP contribution is 2.28. The van der Waals surface area contributed by atoms with Gasteiger partial charge in [0.05, 0.1) is 26.3 Å². The van der Waals surface area contributed by atoms with Gasteiger partial charge in [-0.05, 0) is 37.5 Å². The molecule has 0 spiro atoms. The van der Waals surface area contributed by atoms with Gasteiger partial charge in [-0.3, -0.25) is 45.5 Å². The predicted octanol–water partition coefficient (Wildman–Crippen LogP) is 2.46. The monoisotopic (exact) mass is 948 g/mol. The second kappa shape index (κ2) is 24.3. The molecule has 0 radical (unpaired) electrons. The molecule has 12 atom stereocenters. The number of thiazole rings is 2. The Kier molecular flexibility index (Phi) is 20.6. The molecule has 3 heterocycles.